The molecule has 0 saturated carbocycles. The van der Waals surface area contributed by atoms with E-state index in [-0.39, 0.29) is 17.9 Å². The number of benzene rings is 3. The third-order valence-electron chi connectivity index (χ3n) is 5.30. The highest BCUT2D eigenvalue weighted by atomic mass is 32.2. The van der Waals surface area contributed by atoms with Crippen molar-refractivity contribution in [2.45, 2.75) is 30.7 Å². The third-order valence-corrected chi connectivity index (χ3v) is 6.24. The maximum Gasteiger partial charge on any atom is 0.254 e. The lowest BCUT2D eigenvalue weighted by atomic mass is 10.1. The zero-order valence-electron chi connectivity index (χ0n) is 18.4. The molecule has 1 amide bonds. The predicted octanol–water partition coefficient (Wildman–Crippen LogP) is 5.61. The standard InChI is InChI=1S/C27H25N3O2S/c1-19-24(26(32)30-27(28-19)33-18-20-8-4-2-5-9-20)16-17-25(31)29-23-14-12-22(13-15-23)21-10-6-3-7-11-21/h2-15H,16-18H2,1H3,(H,29,31)(H,28,30,32). The number of nitrogens with zero attached hydrogens (tertiary/aromatic N) is 1. The van der Waals surface area contributed by atoms with E-state index in [0.29, 0.717) is 22.8 Å². The summed E-state index contributed by atoms with van der Waals surface area (Å²) in [6.45, 7) is 1.82. The summed E-state index contributed by atoms with van der Waals surface area (Å²) < 4.78 is 0. The average molecular weight is 456 g/mol. The molecule has 0 atom stereocenters. The predicted molar refractivity (Wildman–Crippen MR) is 134 cm³/mol. The van der Waals surface area contributed by atoms with Crippen LogP contribution in [-0.4, -0.2) is 15.9 Å². The minimum absolute atomic E-state index is 0.135. The molecule has 6 heteroatoms. The summed E-state index contributed by atoms with van der Waals surface area (Å²) >= 11 is 1.49. The molecule has 1 aromatic heterocycles. The first kappa shape index (κ1) is 22.6. The number of anilines is 1. The van der Waals surface area contributed by atoms with Gasteiger partial charge in [0.1, 0.15) is 0 Å². The van der Waals surface area contributed by atoms with E-state index in [4.69, 9.17) is 0 Å². The van der Waals surface area contributed by atoms with Gasteiger partial charge < -0.3 is 10.3 Å². The molecule has 0 unspecified atom stereocenters. The molecule has 4 aromatic rings. The molecule has 0 bridgehead atoms. The smallest absolute Gasteiger partial charge is 0.254 e. The molecule has 0 aliphatic carbocycles. The zero-order valence-corrected chi connectivity index (χ0v) is 19.2. The highest BCUT2D eigenvalue weighted by Crippen LogP contribution is 2.21. The molecule has 33 heavy (non-hydrogen) atoms. The molecule has 0 saturated heterocycles. The summed E-state index contributed by atoms with van der Waals surface area (Å²) in [5.74, 6) is 0.595. The number of nitrogens with one attached hydrogen (secondary N) is 2. The minimum Gasteiger partial charge on any atom is -0.326 e. The van der Waals surface area contributed by atoms with Gasteiger partial charge in [-0.3, -0.25) is 9.59 Å². The Balaban J connectivity index is 1.32. The molecule has 166 valence electrons. The molecule has 0 aliphatic heterocycles. The van der Waals surface area contributed by atoms with Gasteiger partial charge in [-0.2, -0.15) is 0 Å². The number of carbonyl (C=O) groups excluding carboxylic acids is 1. The van der Waals surface area contributed by atoms with Crippen molar-refractivity contribution >= 4 is 23.4 Å². The van der Waals surface area contributed by atoms with Crippen molar-refractivity contribution in [2.75, 3.05) is 5.32 Å². The molecule has 4 rings (SSSR count). The van der Waals surface area contributed by atoms with Crippen LogP contribution >= 0.6 is 11.8 Å². The number of aryl methyl sites for hydroxylation is 1. The monoisotopic (exact) mass is 455 g/mol. The van der Waals surface area contributed by atoms with E-state index >= 15 is 0 Å². The first-order chi connectivity index (χ1) is 16.1. The Bertz CT molecular complexity index is 1270. The second-order valence-electron chi connectivity index (χ2n) is 7.70. The number of aromatic amines is 1. The van der Waals surface area contributed by atoms with Crippen molar-refractivity contribution < 1.29 is 4.79 Å². The Kier molecular flexibility index (Phi) is 7.37. The zero-order chi connectivity index (χ0) is 23.0. The van der Waals surface area contributed by atoms with Gasteiger partial charge in [0, 0.05) is 29.1 Å². The van der Waals surface area contributed by atoms with Gasteiger partial charge in [0.05, 0.1) is 0 Å². The van der Waals surface area contributed by atoms with E-state index in [9.17, 15) is 9.59 Å². The van der Waals surface area contributed by atoms with Crippen LogP contribution in [0.15, 0.2) is 94.9 Å². The molecule has 5 nitrogen and oxygen atoms in total. The molecule has 0 fully saturated rings. The molecular weight excluding hydrogens is 430 g/mol. The number of thioether (sulfide) groups is 1. The fourth-order valence-corrected chi connectivity index (χ4v) is 4.37. The van der Waals surface area contributed by atoms with Crippen molar-refractivity contribution in [3.63, 3.8) is 0 Å². The Labute approximate surface area is 197 Å². The van der Waals surface area contributed by atoms with Crippen LogP contribution in [-0.2, 0) is 17.0 Å². The topological polar surface area (TPSA) is 74.8 Å². The number of H-pyrrole nitrogens is 1. The molecule has 3 aromatic carbocycles. The Morgan fingerprint density at radius 1 is 0.909 bits per heavy atom. The van der Waals surface area contributed by atoms with Crippen molar-refractivity contribution in [3.8, 4) is 11.1 Å². The molecule has 2 N–H and O–H groups in total. The number of rotatable bonds is 8. The maximum atomic E-state index is 12.6. The Hall–Kier alpha value is -3.64. The van der Waals surface area contributed by atoms with Gasteiger partial charge in [-0.25, -0.2) is 4.98 Å². The maximum absolute atomic E-state index is 12.6. The number of carbonyl (C=O) groups is 1. The summed E-state index contributed by atoms with van der Waals surface area (Å²) in [6, 6.07) is 27.9. The number of hydrogen-bond acceptors (Lipinski definition) is 4. The van der Waals surface area contributed by atoms with E-state index in [2.05, 4.69) is 15.3 Å². The normalized spacial score (nSPS) is 10.7. The summed E-state index contributed by atoms with van der Waals surface area (Å²) in [4.78, 5) is 32.4. The van der Waals surface area contributed by atoms with Gasteiger partial charge in [0.2, 0.25) is 5.91 Å². The van der Waals surface area contributed by atoms with E-state index in [1.54, 1.807) is 0 Å². The lowest BCUT2D eigenvalue weighted by molar-refractivity contribution is -0.116. The summed E-state index contributed by atoms with van der Waals surface area (Å²) in [6.07, 6.45) is 0.550. The Morgan fingerprint density at radius 2 is 1.55 bits per heavy atom. The van der Waals surface area contributed by atoms with E-state index in [1.165, 1.54) is 17.3 Å². The molecule has 0 spiro atoms. The summed E-state index contributed by atoms with van der Waals surface area (Å²) in [5.41, 5.74) is 5.15. The molecule has 0 radical (unpaired) electrons. The van der Waals surface area contributed by atoms with Crippen molar-refractivity contribution in [2.24, 2.45) is 0 Å². The second kappa shape index (κ2) is 10.8. The van der Waals surface area contributed by atoms with E-state index < -0.39 is 0 Å². The molecular formula is C27H25N3O2S. The SMILES string of the molecule is Cc1nc(SCc2ccccc2)[nH]c(=O)c1CCC(=O)Nc1ccc(-c2ccccc2)cc1. The van der Waals surface area contributed by atoms with Crippen molar-refractivity contribution in [1.29, 1.82) is 0 Å². The number of hydrogen-bond donors (Lipinski definition) is 2. The van der Waals surface area contributed by atoms with E-state index in [1.807, 2.05) is 91.9 Å². The van der Waals surface area contributed by atoms with Gasteiger partial charge in [-0.05, 0) is 42.2 Å². The van der Waals surface area contributed by atoms with Crippen LogP contribution in [0.4, 0.5) is 5.69 Å². The largest absolute Gasteiger partial charge is 0.326 e. The third kappa shape index (κ3) is 6.20. The molecule has 0 aliphatic rings. The van der Waals surface area contributed by atoms with Crippen LogP contribution in [0.2, 0.25) is 0 Å². The highest BCUT2D eigenvalue weighted by Gasteiger charge is 2.12. The fraction of sp³-hybridized carbons (Fsp3) is 0.148. The fourth-order valence-electron chi connectivity index (χ4n) is 3.51. The van der Waals surface area contributed by atoms with Gasteiger partial charge in [0.15, 0.2) is 5.16 Å². The van der Waals surface area contributed by atoms with Crippen LogP contribution < -0.4 is 10.9 Å². The average Bonchev–Trinajstić information content (AvgIpc) is 2.84. The molecule has 1 heterocycles. The number of amides is 1. The van der Waals surface area contributed by atoms with E-state index in [0.717, 1.165) is 22.6 Å². The van der Waals surface area contributed by atoms with Gasteiger partial charge >= 0.3 is 0 Å². The van der Waals surface area contributed by atoms with Crippen LogP contribution in [0.25, 0.3) is 11.1 Å². The first-order valence-corrected chi connectivity index (χ1v) is 11.8. The Morgan fingerprint density at radius 3 is 2.21 bits per heavy atom. The summed E-state index contributed by atoms with van der Waals surface area (Å²) in [5, 5.41) is 3.49. The van der Waals surface area contributed by atoms with Gasteiger partial charge in [0.25, 0.3) is 5.56 Å². The van der Waals surface area contributed by atoms with Crippen LogP contribution in [0.5, 0.6) is 0 Å². The van der Waals surface area contributed by atoms with Crippen LogP contribution in [0, 0.1) is 6.92 Å². The quantitative estimate of drug-likeness (QED) is 0.268. The van der Waals surface area contributed by atoms with Crippen molar-refractivity contribution in [1.82, 2.24) is 9.97 Å². The van der Waals surface area contributed by atoms with Gasteiger partial charge in [-0.1, -0.05) is 84.6 Å². The van der Waals surface area contributed by atoms with Gasteiger partial charge in [-0.15, -0.1) is 0 Å². The van der Waals surface area contributed by atoms with Crippen LogP contribution in [0.1, 0.15) is 23.2 Å². The lowest BCUT2D eigenvalue weighted by Crippen LogP contribution is -2.20. The second-order valence-corrected chi connectivity index (χ2v) is 8.66. The summed E-state index contributed by atoms with van der Waals surface area (Å²) in [7, 11) is 0. The highest BCUT2D eigenvalue weighted by molar-refractivity contribution is 7.98. The number of aromatic nitrogens is 2. The van der Waals surface area contributed by atoms with Crippen molar-refractivity contribution in [3.05, 3.63) is 112 Å². The minimum atomic E-state index is -0.182. The van der Waals surface area contributed by atoms with Crippen LogP contribution in [0.3, 0.4) is 0 Å². The first-order valence-electron chi connectivity index (χ1n) is 10.8. The lowest BCUT2D eigenvalue weighted by Gasteiger charge is -2.09.